The van der Waals surface area contributed by atoms with Crippen LogP contribution >= 0.6 is 34.8 Å². The molecule has 0 aliphatic carbocycles. The molecule has 5 rings (SSSR count). The number of aryl methyl sites for hydroxylation is 1. The van der Waals surface area contributed by atoms with E-state index in [9.17, 15) is 28.7 Å². The molecule has 1 aliphatic heterocycles. The molecule has 14 heteroatoms. The Kier molecular flexibility index (Phi) is 9.01. The molecule has 3 aromatic heterocycles. The van der Waals surface area contributed by atoms with E-state index in [1.54, 1.807) is 29.0 Å². The van der Waals surface area contributed by atoms with Crippen molar-refractivity contribution < 1.29 is 18.7 Å². The van der Waals surface area contributed by atoms with Crippen LogP contribution in [0.15, 0.2) is 35.8 Å². The van der Waals surface area contributed by atoms with Gasteiger partial charge in [-0.25, -0.2) is 9.37 Å². The molecule has 238 valence electrons. The molecule has 0 spiro atoms. The van der Waals surface area contributed by atoms with E-state index in [1.165, 1.54) is 16.7 Å². The largest absolute Gasteiger partial charge is 0.504 e. The van der Waals surface area contributed by atoms with E-state index in [0.717, 1.165) is 0 Å². The summed E-state index contributed by atoms with van der Waals surface area (Å²) < 4.78 is 30.3. The molecule has 1 amide bonds. The summed E-state index contributed by atoms with van der Waals surface area (Å²) >= 11 is 19.0. The number of pyridine rings is 3. The fourth-order valence-electron chi connectivity index (χ4n) is 5.81. The molecule has 1 aromatic carbocycles. The molecule has 0 bridgehead atoms. The number of hydrogen-bond acceptors (Lipinski definition) is 7. The number of amides is 1. The van der Waals surface area contributed by atoms with E-state index in [2.05, 4.69) is 22.6 Å². The van der Waals surface area contributed by atoms with Crippen LogP contribution in [0.4, 0.5) is 14.5 Å². The van der Waals surface area contributed by atoms with E-state index in [-0.39, 0.29) is 70.5 Å². The Hall–Kier alpha value is -4.24. The highest BCUT2D eigenvalue weighted by atomic mass is 35.5. The second kappa shape index (κ2) is 12.5. The van der Waals surface area contributed by atoms with Crippen LogP contribution in [-0.2, 0) is 4.79 Å². The minimum atomic E-state index is -1.66. The van der Waals surface area contributed by atoms with Gasteiger partial charge in [-0.3, -0.25) is 19.1 Å². The van der Waals surface area contributed by atoms with E-state index in [0.29, 0.717) is 16.9 Å². The summed E-state index contributed by atoms with van der Waals surface area (Å²) in [5.41, 5.74) is 0.0314. The van der Waals surface area contributed by atoms with Gasteiger partial charge in [-0.05, 0) is 43.5 Å². The zero-order valence-electron chi connectivity index (χ0n) is 25.1. The number of aromatic hydroxyl groups is 1. The second-order valence-corrected chi connectivity index (χ2v) is 12.4. The maximum absolute atomic E-state index is 14.7. The molecule has 4 aromatic rings. The first-order valence-corrected chi connectivity index (χ1v) is 15.3. The molecular weight excluding hydrogens is 661 g/mol. The second-order valence-electron chi connectivity index (χ2n) is 11.2. The molecule has 0 unspecified atom stereocenters. The predicted octanol–water partition coefficient (Wildman–Crippen LogP) is 6.92. The molecule has 9 nitrogen and oxygen atoms in total. The zero-order valence-corrected chi connectivity index (χ0v) is 27.4. The number of aromatic nitrogens is 3. The zero-order chi connectivity index (χ0) is 33.8. The van der Waals surface area contributed by atoms with E-state index in [1.807, 2.05) is 20.8 Å². The highest BCUT2D eigenvalue weighted by Crippen LogP contribution is 2.46. The smallest absolute Gasteiger partial charge is 0.276 e. The summed E-state index contributed by atoms with van der Waals surface area (Å²) in [4.78, 5) is 39.5. The van der Waals surface area contributed by atoms with Crippen molar-refractivity contribution in [3.63, 3.8) is 0 Å². The normalized spacial score (nSPS) is 15.0. The van der Waals surface area contributed by atoms with Gasteiger partial charge in [0.1, 0.15) is 17.3 Å². The summed E-state index contributed by atoms with van der Waals surface area (Å²) in [6.07, 6.45) is 2.82. The fraction of sp³-hybridized carbons (Fsp3) is 0.281. The highest BCUT2D eigenvalue weighted by Gasteiger charge is 2.33. The maximum atomic E-state index is 14.7. The number of phenols is 1. The molecule has 4 heterocycles. The van der Waals surface area contributed by atoms with Crippen LogP contribution in [0.25, 0.3) is 28.0 Å². The van der Waals surface area contributed by atoms with Crippen molar-refractivity contribution in [1.29, 1.82) is 5.26 Å². The Morgan fingerprint density at radius 2 is 1.89 bits per heavy atom. The maximum Gasteiger partial charge on any atom is 0.276 e. The van der Waals surface area contributed by atoms with Crippen LogP contribution in [0.3, 0.4) is 0 Å². The highest BCUT2D eigenvalue weighted by molar-refractivity contribution is 6.44. The number of halogens is 5. The SMILES string of the molecule is C=CC(=O)N1CCN(c2c(C#N)c(=O)n(-c3c(C)ccnc3C(C)C)c3nc(-c4c(O)c(F)c(F)c(Cl)c4Cl)c(Cl)cc23)C[C@H]1C. The molecule has 1 atom stereocenters. The van der Waals surface area contributed by atoms with Crippen molar-refractivity contribution in [3.8, 4) is 28.8 Å². The summed E-state index contributed by atoms with van der Waals surface area (Å²) in [5, 5.41) is 19.9. The van der Waals surface area contributed by atoms with Crippen LogP contribution in [0.2, 0.25) is 15.1 Å². The number of piperazine rings is 1. The lowest BCUT2D eigenvalue weighted by molar-refractivity contribution is -0.128. The summed E-state index contributed by atoms with van der Waals surface area (Å²) in [6, 6.07) is 4.86. The Labute approximate surface area is 277 Å². The lowest BCUT2D eigenvalue weighted by Gasteiger charge is -2.41. The molecule has 0 saturated carbocycles. The van der Waals surface area contributed by atoms with Crippen LogP contribution in [-0.4, -0.2) is 56.1 Å². The lowest BCUT2D eigenvalue weighted by Crippen LogP contribution is -2.54. The van der Waals surface area contributed by atoms with Gasteiger partial charge in [-0.1, -0.05) is 55.2 Å². The lowest BCUT2D eigenvalue weighted by atomic mass is 10.0. The van der Waals surface area contributed by atoms with Gasteiger partial charge in [0.25, 0.3) is 5.56 Å². The molecule has 1 saturated heterocycles. The van der Waals surface area contributed by atoms with Gasteiger partial charge in [0.05, 0.1) is 43.4 Å². The van der Waals surface area contributed by atoms with Crippen LogP contribution < -0.4 is 10.5 Å². The Bertz CT molecular complexity index is 2030. The molecule has 46 heavy (non-hydrogen) atoms. The summed E-state index contributed by atoms with van der Waals surface area (Å²) in [7, 11) is 0. The number of nitrogens with zero attached hydrogens (tertiary/aromatic N) is 6. The monoisotopic (exact) mass is 686 g/mol. The van der Waals surface area contributed by atoms with E-state index >= 15 is 0 Å². The molecule has 1 N–H and O–H groups in total. The van der Waals surface area contributed by atoms with E-state index < -0.39 is 38.6 Å². The average molecular weight is 688 g/mol. The van der Waals surface area contributed by atoms with Crippen LogP contribution in [0.1, 0.15) is 43.5 Å². The van der Waals surface area contributed by atoms with Crippen molar-refractivity contribution >= 4 is 57.4 Å². The molecule has 1 aliphatic rings. The van der Waals surface area contributed by atoms with Gasteiger partial charge < -0.3 is 14.9 Å². The van der Waals surface area contributed by atoms with Crippen LogP contribution in [0.5, 0.6) is 5.75 Å². The number of carbonyl (C=O) groups excluding carboxylic acids is 1. The fourth-order valence-corrected chi connectivity index (χ4v) is 6.49. The summed E-state index contributed by atoms with van der Waals surface area (Å²) in [5.74, 6) is -4.82. The number of nitriles is 1. The first kappa shape index (κ1) is 33.1. The topological polar surface area (TPSA) is 115 Å². The first-order valence-electron chi connectivity index (χ1n) is 14.1. The third-order valence-corrected chi connectivity index (χ3v) is 9.11. The molecule has 0 radical (unpaired) electrons. The van der Waals surface area contributed by atoms with Crippen molar-refractivity contribution in [2.24, 2.45) is 0 Å². The average Bonchev–Trinajstić information content (AvgIpc) is 3.02. The van der Waals surface area contributed by atoms with Gasteiger partial charge in [-0.2, -0.15) is 9.65 Å². The van der Waals surface area contributed by atoms with Gasteiger partial charge in [0, 0.05) is 37.3 Å². The third kappa shape index (κ3) is 5.24. The van der Waals surface area contributed by atoms with Gasteiger partial charge >= 0.3 is 0 Å². The van der Waals surface area contributed by atoms with Crippen molar-refractivity contribution in [1.82, 2.24) is 19.4 Å². The first-order chi connectivity index (χ1) is 21.7. The Morgan fingerprint density at radius 1 is 1.20 bits per heavy atom. The number of anilines is 1. The number of phenolic OH excluding ortho intramolecular Hbond substituents is 1. The van der Waals surface area contributed by atoms with Crippen LogP contribution in [0, 0.1) is 29.9 Å². The van der Waals surface area contributed by atoms with Gasteiger partial charge in [0.2, 0.25) is 11.7 Å². The van der Waals surface area contributed by atoms with Crippen molar-refractivity contribution in [2.45, 2.75) is 39.7 Å². The predicted molar refractivity (Wildman–Crippen MR) is 174 cm³/mol. The summed E-state index contributed by atoms with van der Waals surface area (Å²) in [6.45, 7) is 11.7. The number of fused-ring (bicyclic) bond motifs is 1. The molecule has 1 fully saturated rings. The Morgan fingerprint density at radius 3 is 2.50 bits per heavy atom. The Balaban J connectivity index is 1.94. The van der Waals surface area contributed by atoms with Gasteiger partial charge in [0.15, 0.2) is 11.6 Å². The van der Waals surface area contributed by atoms with Crippen molar-refractivity contribution in [2.75, 3.05) is 24.5 Å². The van der Waals surface area contributed by atoms with Gasteiger partial charge in [-0.15, -0.1) is 0 Å². The minimum absolute atomic E-state index is 0.0232. The number of rotatable bonds is 5. The quantitative estimate of drug-likeness (QED) is 0.138. The molecular formula is C32H27Cl3F2N6O3. The standard InChI is InChI=1S/C32H27Cl3F2N6O3/c1-6-20(44)42-10-9-41(13-16(42)5)29-17-11-19(33)27(21-22(34)23(35)24(36)25(37)30(21)45)40-31(17)43(32(46)18(29)12-38)28-15(4)7-8-39-26(28)14(2)3/h6-8,11,14,16,45H,1,9-10,13H2,2-5H3/t16-/m1/s1. The van der Waals surface area contributed by atoms with E-state index in [4.69, 9.17) is 34.8 Å². The minimum Gasteiger partial charge on any atom is -0.504 e. The third-order valence-electron chi connectivity index (χ3n) is 7.99. The van der Waals surface area contributed by atoms with Crippen molar-refractivity contribution in [3.05, 3.63) is 84.9 Å². The number of carbonyl (C=O) groups is 1. The number of hydrogen-bond donors (Lipinski definition) is 1. The number of benzene rings is 1.